The fourth-order valence-electron chi connectivity index (χ4n) is 1.62. The summed E-state index contributed by atoms with van der Waals surface area (Å²) in [5.74, 6) is -0.287. The Balaban J connectivity index is 2.01. The second-order valence-corrected chi connectivity index (χ2v) is 4.60. The zero-order valence-corrected chi connectivity index (χ0v) is 11.4. The smallest absolute Gasteiger partial charge is 0.328 e. The highest BCUT2D eigenvalue weighted by atomic mass is 35.5. The number of aliphatic carboxylic acids is 1. The Morgan fingerprint density at radius 3 is 2.65 bits per heavy atom. The van der Waals surface area contributed by atoms with Crippen LogP contribution in [0.1, 0.15) is 11.1 Å². The van der Waals surface area contributed by atoms with Crippen LogP contribution in [0.2, 0.25) is 5.02 Å². The number of benzene rings is 2. The number of rotatable bonds is 5. The van der Waals surface area contributed by atoms with E-state index in [4.69, 9.17) is 21.4 Å². The molecule has 0 unspecified atom stereocenters. The molecule has 0 aromatic heterocycles. The molecule has 0 saturated carbocycles. The molecule has 20 heavy (non-hydrogen) atoms. The molecule has 2 aromatic carbocycles. The second-order valence-electron chi connectivity index (χ2n) is 4.16. The highest BCUT2D eigenvalue weighted by molar-refractivity contribution is 6.30. The molecule has 0 heterocycles. The van der Waals surface area contributed by atoms with Gasteiger partial charge in [-0.15, -0.1) is 0 Å². The number of carboxylic acids is 1. The van der Waals surface area contributed by atoms with Crippen LogP contribution >= 0.6 is 11.6 Å². The average molecular weight is 289 g/mol. The quantitative estimate of drug-likeness (QED) is 0.845. The van der Waals surface area contributed by atoms with Crippen molar-refractivity contribution in [3.8, 4) is 5.75 Å². The number of hydrogen-bond donors (Lipinski definition) is 1. The fraction of sp³-hybridized carbons (Fsp3) is 0.0625. The van der Waals surface area contributed by atoms with Crippen LogP contribution in [0.3, 0.4) is 0 Å². The van der Waals surface area contributed by atoms with E-state index >= 15 is 0 Å². The van der Waals surface area contributed by atoms with Gasteiger partial charge in [-0.3, -0.25) is 0 Å². The molecule has 3 nitrogen and oxygen atoms in total. The molecule has 1 N–H and O–H groups in total. The molecule has 102 valence electrons. The fourth-order valence-corrected chi connectivity index (χ4v) is 1.75. The molecule has 0 aliphatic heterocycles. The third kappa shape index (κ3) is 4.44. The minimum atomic E-state index is -0.975. The van der Waals surface area contributed by atoms with Gasteiger partial charge in [-0.25, -0.2) is 4.79 Å². The number of carbonyl (C=O) groups is 1. The molecule has 0 aliphatic rings. The lowest BCUT2D eigenvalue weighted by molar-refractivity contribution is -0.131. The predicted molar refractivity (Wildman–Crippen MR) is 78.9 cm³/mol. The zero-order chi connectivity index (χ0) is 14.4. The summed E-state index contributed by atoms with van der Waals surface area (Å²) in [5.41, 5.74) is 1.79. The van der Waals surface area contributed by atoms with Gasteiger partial charge >= 0.3 is 5.97 Å². The van der Waals surface area contributed by atoms with Gasteiger partial charge < -0.3 is 9.84 Å². The molecule has 4 heteroatoms. The molecule has 0 bridgehead atoms. The van der Waals surface area contributed by atoms with Gasteiger partial charge in [0.1, 0.15) is 12.4 Å². The van der Waals surface area contributed by atoms with E-state index in [1.165, 1.54) is 6.08 Å². The van der Waals surface area contributed by atoms with Gasteiger partial charge in [-0.2, -0.15) is 0 Å². The molecule has 2 aromatic rings. The zero-order valence-electron chi connectivity index (χ0n) is 10.6. The first-order valence-corrected chi connectivity index (χ1v) is 6.39. The van der Waals surface area contributed by atoms with Gasteiger partial charge in [0.25, 0.3) is 0 Å². The largest absolute Gasteiger partial charge is 0.489 e. The minimum absolute atomic E-state index is 0.434. The molecule has 0 aliphatic carbocycles. The van der Waals surface area contributed by atoms with Gasteiger partial charge in [0, 0.05) is 11.1 Å². The topological polar surface area (TPSA) is 46.5 Å². The summed E-state index contributed by atoms with van der Waals surface area (Å²) in [6.07, 6.45) is 2.62. The minimum Gasteiger partial charge on any atom is -0.489 e. The van der Waals surface area contributed by atoms with Crippen LogP contribution < -0.4 is 4.74 Å². The maximum absolute atomic E-state index is 10.5. The van der Waals surface area contributed by atoms with Crippen molar-refractivity contribution in [2.45, 2.75) is 6.61 Å². The summed E-state index contributed by atoms with van der Waals surface area (Å²) >= 11 is 5.81. The van der Waals surface area contributed by atoms with Gasteiger partial charge in [0.2, 0.25) is 0 Å². The van der Waals surface area contributed by atoms with E-state index < -0.39 is 5.97 Å². The monoisotopic (exact) mass is 288 g/mol. The summed E-state index contributed by atoms with van der Waals surface area (Å²) < 4.78 is 5.65. The van der Waals surface area contributed by atoms with E-state index in [0.717, 1.165) is 17.2 Å². The van der Waals surface area contributed by atoms with Crippen LogP contribution in [0, 0.1) is 0 Å². The van der Waals surface area contributed by atoms with E-state index in [1.54, 1.807) is 6.07 Å². The summed E-state index contributed by atoms with van der Waals surface area (Å²) in [5, 5.41) is 9.28. The van der Waals surface area contributed by atoms with Gasteiger partial charge in [-0.05, 0) is 41.5 Å². The molecular formula is C16H13ClO3. The molecular weight excluding hydrogens is 276 g/mol. The van der Waals surface area contributed by atoms with Crippen molar-refractivity contribution in [2.75, 3.05) is 0 Å². The molecule has 2 rings (SSSR count). The first-order valence-electron chi connectivity index (χ1n) is 6.02. The van der Waals surface area contributed by atoms with Crippen molar-refractivity contribution < 1.29 is 14.6 Å². The molecule has 0 atom stereocenters. The van der Waals surface area contributed by atoms with Crippen molar-refractivity contribution in [1.82, 2.24) is 0 Å². The van der Waals surface area contributed by atoms with E-state index in [1.807, 2.05) is 42.5 Å². The highest BCUT2D eigenvalue weighted by Crippen LogP contribution is 2.17. The van der Waals surface area contributed by atoms with Gasteiger partial charge in [-0.1, -0.05) is 35.9 Å². The highest BCUT2D eigenvalue weighted by Gasteiger charge is 1.98. The van der Waals surface area contributed by atoms with Gasteiger partial charge in [0.15, 0.2) is 0 Å². The third-order valence-corrected chi connectivity index (χ3v) is 2.85. The van der Waals surface area contributed by atoms with Crippen LogP contribution in [0.4, 0.5) is 0 Å². The van der Waals surface area contributed by atoms with Gasteiger partial charge in [0.05, 0.1) is 0 Å². The maximum Gasteiger partial charge on any atom is 0.328 e. The predicted octanol–water partition coefficient (Wildman–Crippen LogP) is 4.02. The molecule has 0 amide bonds. The second kappa shape index (κ2) is 6.78. The third-order valence-electron chi connectivity index (χ3n) is 2.60. The van der Waals surface area contributed by atoms with Crippen molar-refractivity contribution >= 4 is 23.6 Å². The molecule has 0 saturated heterocycles. The first-order chi connectivity index (χ1) is 9.63. The summed E-state index contributed by atoms with van der Waals surface area (Å²) in [6, 6.07) is 14.7. The molecule has 0 fully saturated rings. The summed E-state index contributed by atoms with van der Waals surface area (Å²) in [4.78, 5) is 10.5. The lowest BCUT2D eigenvalue weighted by Crippen LogP contribution is -1.95. The number of ether oxygens (including phenoxy) is 1. The Hall–Kier alpha value is -2.26. The van der Waals surface area contributed by atoms with Crippen LogP contribution in [0.15, 0.2) is 54.6 Å². The number of carboxylic acid groups (broad SMARTS) is 1. The van der Waals surface area contributed by atoms with Crippen LogP contribution in [-0.2, 0) is 11.4 Å². The van der Waals surface area contributed by atoms with Crippen molar-refractivity contribution in [3.63, 3.8) is 0 Å². The SMILES string of the molecule is O=C(O)C=Cc1cccc(OCc2ccc(Cl)cc2)c1. The summed E-state index contributed by atoms with van der Waals surface area (Å²) in [6.45, 7) is 0.434. The molecule has 0 radical (unpaired) electrons. The number of hydrogen-bond acceptors (Lipinski definition) is 2. The Kier molecular flexibility index (Phi) is 4.80. The Morgan fingerprint density at radius 2 is 1.95 bits per heavy atom. The average Bonchev–Trinajstić information content (AvgIpc) is 2.45. The van der Waals surface area contributed by atoms with Crippen LogP contribution in [-0.4, -0.2) is 11.1 Å². The number of halogens is 1. The van der Waals surface area contributed by atoms with Crippen LogP contribution in [0.5, 0.6) is 5.75 Å². The van der Waals surface area contributed by atoms with E-state index in [0.29, 0.717) is 17.4 Å². The summed E-state index contributed by atoms with van der Waals surface area (Å²) in [7, 11) is 0. The van der Waals surface area contributed by atoms with Crippen LogP contribution in [0.25, 0.3) is 6.08 Å². The van der Waals surface area contributed by atoms with E-state index in [-0.39, 0.29) is 0 Å². The van der Waals surface area contributed by atoms with E-state index in [9.17, 15) is 4.79 Å². The Bertz CT molecular complexity index is 618. The normalized spacial score (nSPS) is 10.7. The van der Waals surface area contributed by atoms with Crippen molar-refractivity contribution in [1.29, 1.82) is 0 Å². The lowest BCUT2D eigenvalue weighted by atomic mass is 10.2. The maximum atomic E-state index is 10.5. The standard InChI is InChI=1S/C16H13ClO3/c17-14-7-4-13(5-8-14)11-20-15-3-1-2-12(10-15)6-9-16(18)19/h1-10H,11H2,(H,18,19). The molecule has 0 spiro atoms. The Morgan fingerprint density at radius 1 is 1.20 bits per heavy atom. The lowest BCUT2D eigenvalue weighted by Gasteiger charge is -2.07. The van der Waals surface area contributed by atoms with Crippen molar-refractivity contribution in [2.24, 2.45) is 0 Å². The Labute approximate surface area is 122 Å². The van der Waals surface area contributed by atoms with E-state index in [2.05, 4.69) is 0 Å². The van der Waals surface area contributed by atoms with Crippen molar-refractivity contribution in [3.05, 3.63) is 70.8 Å². The first kappa shape index (κ1) is 14.2.